The molecule has 0 aliphatic rings. The number of carbonyl (C=O) groups excluding carboxylic acids is 2. The summed E-state index contributed by atoms with van der Waals surface area (Å²) >= 11 is 0. The van der Waals surface area contributed by atoms with Crippen molar-refractivity contribution in [1.29, 1.82) is 0 Å². The molecule has 0 saturated heterocycles. The van der Waals surface area contributed by atoms with E-state index >= 15 is 0 Å². The number of ether oxygens (including phenoxy) is 1. The van der Waals surface area contributed by atoms with Gasteiger partial charge in [0, 0.05) is 24.7 Å². The third-order valence-corrected chi connectivity index (χ3v) is 2.75. The maximum absolute atomic E-state index is 11.9. The number of amides is 2. The van der Waals surface area contributed by atoms with Gasteiger partial charge in [-0.15, -0.1) is 0 Å². The Morgan fingerprint density at radius 2 is 1.83 bits per heavy atom. The quantitative estimate of drug-likeness (QED) is 0.593. The molecule has 23 heavy (non-hydrogen) atoms. The van der Waals surface area contributed by atoms with E-state index in [1.807, 2.05) is 0 Å². The third-order valence-electron chi connectivity index (χ3n) is 2.75. The number of rotatable bonds is 7. The molecule has 8 heteroatoms. The number of alkyl halides is 3. The Morgan fingerprint density at radius 1 is 1.17 bits per heavy atom. The SMILES string of the molecule is COc1ccccc1/C=C/C(=O)NCCCNC(=O)C(F)(F)F. The van der Waals surface area contributed by atoms with Crippen LogP contribution in [0.1, 0.15) is 12.0 Å². The van der Waals surface area contributed by atoms with E-state index < -0.39 is 18.0 Å². The van der Waals surface area contributed by atoms with Gasteiger partial charge in [-0.2, -0.15) is 13.2 Å². The summed E-state index contributed by atoms with van der Waals surface area (Å²) in [6.45, 7) is -0.0257. The Hall–Kier alpha value is -2.51. The van der Waals surface area contributed by atoms with Crippen molar-refractivity contribution in [1.82, 2.24) is 10.6 Å². The van der Waals surface area contributed by atoms with Crippen molar-refractivity contribution >= 4 is 17.9 Å². The Morgan fingerprint density at radius 3 is 2.48 bits per heavy atom. The largest absolute Gasteiger partial charge is 0.496 e. The van der Waals surface area contributed by atoms with E-state index in [0.29, 0.717) is 5.75 Å². The van der Waals surface area contributed by atoms with Crippen LogP contribution >= 0.6 is 0 Å². The number of benzene rings is 1. The monoisotopic (exact) mass is 330 g/mol. The highest BCUT2D eigenvalue weighted by Crippen LogP contribution is 2.18. The first-order chi connectivity index (χ1) is 10.8. The predicted octanol–water partition coefficient (Wildman–Crippen LogP) is 1.89. The number of halogens is 3. The molecule has 0 fully saturated rings. The van der Waals surface area contributed by atoms with Crippen molar-refractivity contribution in [3.63, 3.8) is 0 Å². The molecule has 1 aromatic carbocycles. The number of nitrogens with one attached hydrogen (secondary N) is 2. The standard InChI is InChI=1S/C15H17F3N2O3/c1-23-12-6-3-2-5-11(12)7-8-13(21)19-9-4-10-20-14(22)15(16,17)18/h2-3,5-8H,4,9-10H2,1H3,(H,19,21)(H,20,22)/b8-7+. The molecule has 126 valence electrons. The van der Waals surface area contributed by atoms with Crippen LogP contribution in [0.2, 0.25) is 0 Å². The van der Waals surface area contributed by atoms with Crippen molar-refractivity contribution in [3.05, 3.63) is 35.9 Å². The number of para-hydroxylation sites is 1. The second-order valence-electron chi connectivity index (χ2n) is 4.47. The molecule has 0 aliphatic carbocycles. The van der Waals surface area contributed by atoms with Gasteiger partial charge in [0.25, 0.3) is 0 Å². The average Bonchev–Trinajstić information content (AvgIpc) is 2.51. The minimum absolute atomic E-state index is 0.146. The minimum Gasteiger partial charge on any atom is -0.496 e. The van der Waals surface area contributed by atoms with Gasteiger partial charge in [0.05, 0.1) is 7.11 Å². The smallest absolute Gasteiger partial charge is 0.471 e. The Labute approximate surface area is 131 Å². The summed E-state index contributed by atoms with van der Waals surface area (Å²) in [5.74, 6) is -1.76. The van der Waals surface area contributed by atoms with Crippen molar-refractivity contribution in [2.75, 3.05) is 20.2 Å². The molecule has 0 unspecified atom stereocenters. The highest BCUT2D eigenvalue weighted by atomic mass is 19.4. The summed E-state index contributed by atoms with van der Waals surface area (Å²) in [5, 5.41) is 4.22. The average molecular weight is 330 g/mol. The van der Waals surface area contributed by atoms with Crippen LogP contribution in [-0.2, 0) is 9.59 Å². The van der Waals surface area contributed by atoms with E-state index in [9.17, 15) is 22.8 Å². The highest BCUT2D eigenvalue weighted by Gasteiger charge is 2.38. The summed E-state index contributed by atoms with van der Waals surface area (Å²) in [7, 11) is 1.52. The Kier molecular flexibility index (Phi) is 7.11. The van der Waals surface area contributed by atoms with E-state index in [4.69, 9.17) is 4.74 Å². The number of methoxy groups -OCH3 is 1. The summed E-state index contributed by atoms with van der Waals surface area (Å²) in [5.41, 5.74) is 0.725. The van der Waals surface area contributed by atoms with E-state index in [1.54, 1.807) is 35.7 Å². The lowest BCUT2D eigenvalue weighted by atomic mass is 10.2. The molecule has 0 heterocycles. The Bertz CT molecular complexity index is 571. The second kappa shape index (κ2) is 8.82. The van der Waals surface area contributed by atoms with Crippen LogP contribution in [0.25, 0.3) is 6.08 Å². The van der Waals surface area contributed by atoms with Gasteiger partial charge in [-0.25, -0.2) is 0 Å². The maximum atomic E-state index is 11.9. The first-order valence-electron chi connectivity index (χ1n) is 6.78. The number of hydrogen-bond acceptors (Lipinski definition) is 3. The molecule has 0 aliphatic heterocycles. The van der Waals surface area contributed by atoms with Crippen LogP contribution in [0.15, 0.2) is 30.3 Å². The van der Waals surface area contributed by atoms with Gasteiger partial charge in [0.15, 0.2) is 0 Å². The predicted molar refractivity (Wildman–Crippen MR) is 78.7 cm³/mol. The summed E-state index contributed by atoms with van der Waals surface area (Å²) in [6.07, 6.45) is -1.83. The second-order valence-corrected chi connectivity index (χ2v) is 4.47. The topological polar surface area (TPSA) is 67.4 Å². The van der Waals surface area contributed by atoms with E-state index in [2.05, 4.69) is 5.32 Å². The molecule has 2 N–H and O–H groups in total. The molecule has 5 nitrogen and oxygen atoms in total. The first-order valence-corrected chi connectivity index (χ1v) is 6.78. The lowest BCUT2D eigenvalue weighted by molar-refractivity contribution is -0.173. The van der Waals surface area contributed by atoms with E-state index in [0.717, 1.165) is 5.56 Å². The van der Waals surface area contributed by atoms with Gasteiger partial charge >= 0.3 is 12.1 Å². The van der Waals surface area contributed by atoms with Gasteiger partial charge in [-0.1, -0.05) is 18.2 Å². The van der Waals surface area contributed by atoms with Gasteiger partial charge in [0.2, 0.25) is 5.91 Å². The van der Waals surface area contributed by atoms with Crippen LogP contribution < -0.4 is 15.4 Å². The highest BCUT2D eigenvalue weighted by molar-refractivity contribution is 5.92. The van der Waals surface area contributed by atoms with Crippen LogP contribution in [0.5, 0.6) is 5.75 Å². The van der Waals surface area contributed by atoms with E-state index in [1.165, 1.54) is 13.2 Å². The zero-order valence-corrected chi connectivity index (χ0v) is 12.4. The summed E-state index contributed by atoms with van der Waals surface area (Å²) in [6, 6.07) is 7.12. The molecule has 0 radical (unpaired) electrons. The van der Waals surface area contributed by atoms with Gasteiger partial charge in [-0.05, 0) is 18.6 Å². The normalized spacial score (nSPS) is 11.3. The van der Waals surface area contributed by atoms with Gasteiger partial charge < -0.3 is 15.4 Å². The van der Waals surface area contributed by atoms with Crippen molar-refractivity contribution in [2.45, 2.75) is 12.6 Å². The van der Waals surface area contributed by atoms with Crippen LogP contribution in [-0.4, -0.2) is 38.2 Å². The fraction of sp³-hybridized carbons (Fsp3) is 0.333. The fourth-order valence-electron chi connectivity index (χ4n) is 1.63. The van der Waals surface area contributed by atoms with Gasteiger partial charge in [0.1, 0.15) is 5.75 Å². The molecular formula is C15H17F3N2O3. The number of carbonyl (C=O) groups is 2. The molecule has 0 spiro atoms. The van der Waals surface area contributed by atoms with Gasteiger partial charge in [-0.3, -0.25) is 9.59 Å². The van der Waals surface area contributed by atoms with Crippen molar-refractivity contribution in [2.24, 2.45) is 0 Å². The fourth-order valence-corrected chi connectivity index (χ4v) is 1.63. The molecule has 1 aromatic rings. The molecule has 0 bridgehead atoms. The van der Waals surface area contributed by atoms with E-state index in [-0.39, 0.29) is 19.5 Å². The number of hydrogen-bond donors (Lipinski definition) is 2. The molecule has 0 saturated carbocycles. The zero-order chi connectivity index (χ0) is 17.3. The zero-order valence-electron chi connectivity index (χ0n) is 12.4. The van der Waals surface area contributed by atoms with Crippen molar-refractivity contribution < 1.29 is 27.5 Å². The molecule has 2 amide bonds. The third kappa shape index (κ3) is 6.86. The minimum atomic E-state index is -4.89. The molecule has 0 aromatic heterocycles. The van der Waals surface area contributed by atoms with Crippen LogP contribution in [0.4, 0.5) is 13.2 Å². The van der Waals surface area contributed by atoms with Crippen LogP contribution in [0, 0.1) is 0 Å². The van der Waals surface area contributed by atoms with Crippen LogP contribution in [0.3, 0.4) is 0 Å². The maximum Gasteiger partial charge on any atom is 0.471 e. The molecule has 0 atom stereocenters. The molecule has 1 rings (SSSR count). The summed E-state index contributed by atoms with van der Waals surface area (Å²) in [4.78, 5) is 22.1. The molecular weight excluding hydrogens is 313 g/mol. The lowest BCUT2D eigenvalue weighted by Gasteiger charge is -2.07. The first kappa shape index (κ1) is 18.5. The van der Waals surface area contributed by atoms with Crippen molar-refractivity contribution in [3.8, 4) is 5.75 Å². The Balaban J connectivity index is 2.30. The summed E-state index contributed by atoms with van der Waals surface area (Å²) < 4.78 is 40.9. The lowest BCUT2D eigenvalue weighted by Crippen LogP contribution is -2.38.